The van der Waals surface area contributed by atoms with Crippen LogP contribution in [0.4, 0.5) is 33.2 Å². The second-order valence-corrected chi connectivity index (χ2v) is 7.91. The number of rotatable bonds is 5. The molecule has 0 saturated carbocycles. The van der Waals surface area contributed by atoms with Crippen molar-refractivity contribution >= 4 is 28.8 Å². The van der Waals surface area contributed by atoms with E-state index in [1.54, 1.807) is 12.3 Å². The molecule has 1 aromatic carbocycles. The van der Waals surface area contributed by atoms with Crippen LogP contribution in [0.15, 0.2) is 36.5 Å². The predicted octanol–water partition coefficient (Wildman–Crippen LogP) is 4.41. The van der Waals surface area contributed by atoms with Crippen molar-refractivity contribution in [2.24, 2.45) is 0 Å². The fraction of sp³-hybridized carbons (Fsp3) is 0.286. The zero-order valence-corrected chi connectivity index (χ0v) is 17.5. The first-order valence-electron chi connectivity index (χ1n) is 9.57. The lowest BCUT2D eigenvalue weighted by Crippen LogP contribution is -2.26. The Balaban J connectivity index is 1.70. The number of nitro benzene ring substituents is 1. The lowest BCUT2D eigenvalue weighted by atomic mass is 9.91. The number of hydrogen-bond donors (Lipinski definition) is 1. The van der Waals surface area contributed by atoms with E-state index in [1.165, 1.54) is 7.11 Å². The van der Waals surface area contributed by atoms with Crippen LogP contribution in [0.1, 0.15) is 25.2 Å². The van der Waals surface area contributed by atoms with Crippen LogP contribution in [0.2, 0.25) is 0 Å². The van der Waals surface area contributed by atoms with E-state index in [1.807, 2.05) is 19.1 Å². The minimum atomic E-state index is -0.985. The fourth-order valence-corrected chi connectivity index (χ4v) is 3.66. The summed E-state index contributed by atoms with van der Waals surface area (Å²) >= 11 is 0. The maximum Gasteiger partial charge on any atom is 0.307 e. The molecule has 1 N–H and O–H groups in total. The number of hydrogen-bond acceptors (Lipinski definition) is 8. The molecule has 9 nitrogen and oxygen atoms in total. The van der Waals surface area contributed by atoms with Crippen LogP contribution < -0.4 is 15.0 Å². The molecule has 0 amide bonds. The van der Waals surface area contributed by atoms with Crippen LogP contribution in [0.25, 0.3) is 0 Å². The molecule has 0 bridgehead atoms. The number of aryl methyl sites for hydroxylation is 1. The first kappa shape index (κ1) is 20.5. The van der Waals surface area contributed by atoms with E-state index in [9.17, 15) is 14.5 Å². The third-order valence-electron chi connectivity index (χ3n) is 5.13. The Kier molecular flexibility index (Phi) is 4.92. The molecule has 10 heteroatoms. The quantitative estimate of drug-likeness (QED) is 0.474. The van der Waals surface area contributed by atoms with Crippen molar-refractivity contribution in [1.29, 1.82) is 0 Å². The molecule has 0 radical (unpaired) electrons. The van der Waals surface area contributed by atoms with Crippen LogP contribution in [0.3, 0.4) is 0 Å². The lowest BCUT2D eigenvalue weighted by Gasteiger charge is -2.21. The summed E-state index contributed by atoms with van der Waals surface area (Å²) in [5, 5.41) is 14.0. The largest absolute Gasteiger partial charge is 0.494 e. The van der Waals surface area contributed by atoms with E-state index in [-0.39, 0.29) is 22.8 Å². The normalized spacial score (nSPS) is 14.3. The van der Waals surface area contributed by atoms with Gasteiger partial charge in [0.2, 0.25) is 11.8 Å². The number of ether oxygens (including phenoxy) is 1. The molecule has 160 valence electrons. The Morgan fingerprint density at radius 3 is 2.74 bits per heavy atom. The first-order valence-corrected chi connectivity index (χ1v) is 9.57. The number of anilines is 4. The average Bonchev–Trinajstić information content (AvgIpc) is 2.99. The van der Waals surface area contributed by atoms with Crippen molar-refractivity contribution < 1.29 is 14.1 Å². The van der Waals surface area contributed by atoms with Crippen LogP contribution in [-0.2, 0) is 5.41 Å². The molecule has 0 saturated heterocycles. The van der Waals surface area contributed by atoms with E-state index in [2.05, 4.69) is 34.0 Å². The van der Waals surface area contributed by atoms with Crippen molar-refractivity contribution in [3.63, 3.8) is 0 Å². The number of nitrogens with one attached hydrogen (secondary N) is 1. The molecule has 31 heavy (non-hydrogen) atoms. The predicted molar refractivity (Wildman–Crippen MR) is 114 cm³/mol. The summed E-state index contributed by atoms with van der Waals surface area (Å²) < 4.78 is 19.1. The van der Waals surface area contributed by atoms with Gasteiger partial charge < -0.3 is 15.0 Å². The summed E-state index contributed by atoms with van der Waals surface area (Å²) in [6, 6.07) is 7.77. The highest BCUT2D eigenvalue weighted by Crippen LogP contribution is 2.43. The second kappa shape index (κ2) is 7.46. The third kappa shape index (κ3) is 3.72. The van der Waals surface area contributed by atoms with E-state index >= 15 is 0 Å². The minimum Gasteiger partial charge on any atom is -0.494 e. The van der Waals surface area contributed by atoms with Crippen LogP contribution >= 0.6 is 0 Å². The zero-order chi connectivity index (χ0) is 22.3. The van der Waals surface area contributed by atoms with Gasteiger partial charge in [0.25, 0.3) is 0 Å². The summed E-state index contributed by atoms with van der Waals surface area (Å²) in [6.45, 7) is 6.89. The maximum absolute atomic E-state index is 13.9. The van der Waals surface area contributed by atoms with Crippen LogP contribution in [0.5, 0.6) is 5.75 Å². The van der Waals surface area contributed by atoms with E-state index in [4.69, 9.17) is 9.72 Å². The number of pyridine rings is 1. The zero-order valence-electron chi connectivity index (χ0n) is 17.5. The highest BCUT2D eigenvalue weighted by Gasteiger charge is 2.38. The smallest absolute Gasteiger partial charge is 0.307 e. The molecule has 1 aliphatic rings. The van der Waals surface area contributed by atoms with Crippen molar-refractivity contribution in [1.82, 2.24) is 15.0 Å². The van der Waals surface area contributed by atoms with Gasteiger partial charge in [0, 0.05) is 36.0 Å². The Bertz CT molecular complexity index is 1180. The lowest BCUT2D eigenvalue weighted by molar-refractivity contribution is -0.387. The molecule has 0 fully saturated rings. The molecule has 0 unspecified atom stereocenters. The highest BCUT2D eigenvalue weighted by molar-refractivity contribution is 5.71. The summed E-state index contributed by atoms with van der Waals surface area (Å²) in [7, 11) is 1.35. The number of benzene rings is 1. The van der Waals surface area contributed by atoms with Gasteiger partial charge in [-0.3, -0.25) is 15.1 Å². The Labute approximate surface area is 178 Å². The van der Waals surface area contributed by atoms with Gasteiger partial charge in [-0.05, 0) is 25.1 Å². The van der Waals surface area contributed by atoms with Gasteiger partial charge in [0.05, 0.1) is 29.1 Å². The second-order valence-electron chi connectivity index (χ2n) is 7.91. The fourth-order valence-electron chi connectivity index (χ4n) is 3.66. The summed E-state index contributed by atoms with van der Waals surface area (Å²) in [5.41, 5.74) is 2.26. The molecule has 4 rings (SSSR count). The van der Waals surface area contributed by atoms with Crippen molar-refractivity contribution in [2.45, 2.75) is 26.2 Å². The van der Waals surface area contributed by atoms with Crippen molar-refractivity contribution in [3.05, 3.63) is 63.8 Å². The van der Waals surface area contributed by atoms with Gasteiger partial charge in [0.15, 0.2) is 0 Å². The third-order valence-corrected chi connectivity index (χ3v) is 5.13. The number of halogens is 1. The number of aromatic nitrogens is 3. The number of methoxy groups -OCH3 is 1. The first-order chi connectivity index (χ1) is 14.7. The molecule has 0 spiro atoms. The minimum absolute atomic E-state index is 0.101. The number of nitro groups is 1. The summed E-state index contributed by atoms with van der Waals surface area (Å²) in [4.78, 5) is 25.8. The SMILES string of the molecule is COc1cc(F)c([N+](=O)[O-])cc1Nc1nccc(N2CC(C)(C)c3nc(C)ccc32)n1. The van der Waals surface area contributed by atoms with E-state index < -0.39 is 16.4 Å². The van der Waals surface area contributed by atoms with E-state index in [0.717, 1.165) is 29.2 Å². The average molecular weight is 424 g/mol. The molecule has 0 atom stereocenters. The summed E-state index contributed by atoms with van der Waals surface area (Å²) in [5.74, 6) is -0.0428. The standard InChI is InChI=1S/C21H21FN6O3/c1-12-5-6-15-19(24-12)21(2,3)11-27(15)18-7-8-23-20(26-18)25-14-10-16(28(29)30)13(22)9-17(14)31-4/h5-10H,11H2,1-4H3,(H,23,25,26). The molecule has 3 heterocycles. The molecular weight excluding hydrogens is 403 g/mol. The topological polar surface area (TPSA) is 106 Å². The molecular formula is C21H21FN6O3. The van der Waals surface area contributed by atoms with Gasteiger partial charge in [-0.15, -0.1) is 0 Å². The van der Waals surface area contributed by atoms with Crippen LogP contribution in [-0.4, -0.2) is 33.5 Å². The van der Waals surface area contributed by atoms with Crippen molar-refractivity contribution in [2.75, 3.05) is 23.9 Å². The van der Waals surface area contributed by atoms with Gasteiger partial charge in [0.1, 0.15) is 11.6 Å². The summed E-state index contributed by atoms with van der Waals surface area (Å²) in [6.07, 6.45) is 1.59. The monoisotopic (exact) mass is 424 g/mol. The highest BCUT2D eigenvalue weighted by atomic mass is 19.1. The molecule has 0 aliphatic carbocycles. The van der Waals surface area contributed by atoms with Gasteiger partial charge in [-0.1, -0.05) is 13.8 Å². The Morgan fingerprint density at radius 2 is 2.03 bits per heavy atom. The van der Waals surface area contributed by atoms with Crippen molar-refractivity contribution in [3.8, 4) is 5.75 Å². The van der Waals surface area contributed by atoms with Gasteiger partial charge in [-0.2, -0.15) is 9.37 Å². The Morgan fingerprint density at radius 1 is 1.26 bits per heavy atom. The number of fused-ring (bicyclic) bond motifs is 1. The van der Waals surface area contributed by atoms with E-state index in [0.29, 0.717) is 12.4 Å². The number of nitrogens with zero attached hydrogens (tertiary/aromatic N) is 5. The van der Waals surface area contributed by atoms with Gasteiger partial charge in [-0.25, -0.2) is 4.98 Å². The van der Waals surface area contributed by atoms with Crippen LogP contribution in [0, 0.1) is 22.9 Å². The van der Waals surface area contributed by atoms with Gasteiger partial charge >= 0.3 is 5.69 Å². The Hall–Kier alpha value is -3.82. The maximum atomic E-state index is 13.9. The molecule has 3 aromatic rings. The molecule has 2 aromatic heterocycles. The molecule has 1 aliphatic heterocycles.